The third-order valence-corrected chi connectivity index (χ3v) is 3.76. The number of likely N-dealkylation sites (tertiary alicyclic amines) is 1. The molecule has 1 rings (SSSR count). The number of aliphatic carboxylic acids is 2. The molecule has 0 saturated carbocycles. The molecule has 1 saturated heterocycles. The van der Waals surface area contributed by atoms with Gasteiger partial charge in [0.25, 0.3) is 0 Å². The first-order chi connectivity index (χ1) is 11.3. The number of carboxylic acids is 2. The average molecular weight is 370 g/mol. The molecule has 1 heterocycles. The van der Waals surface area contributed by atoms with Crippen molar-refractivity contribution in [3.8, 4) is 0 Å². The molecule has 0 aromatic rings. The Morgan fingerprint density at radius 1 is 1.12 bits per heavy atom. The summed E-state index contributed by atoms with van der Waals surface area (Å²) in [5.41, 5.74) is 0. The highest BCUT2D eigenvalue weighted by molar-refractivity contribution is 5.73. The Bertz CT molecular complexity index is 420. The molecule has 0 bridgehead atoms. The first-order valence-corrected chi connectivity index (χ1v) is 8.37. The predicted octanol–water partition coefficient (Wildman–Crippen LogP) is 2.58. The Morgan fingerprint density at radius 2 is 1.56 bits per heavy atom. The molecular weight excluding hydrogens is 341 g/mol. The summed E-state index contributed by atoms with van der Waals surface area (Å²) < 4.78 is 31.7. The fourth-order valence-electron chi connectivity index (χ4n) is 2.70. The number of piperidine rings is 1. The van der Waals surface area contributed by atoms with Crippen molar-refractivity contribution >= 4 is 11.9 Å². The van der Waals surface area contributed by atoms with Gasteiger partial charge in [-0.25, -0.2) is 4.79 Å². The largest absolute Gasteiger partial charge is 0.490 e. The normalized spacial score (nSPS) is 18.0. The van der Waals surface area contributed by atoms with E-state index in [1.54, 1.807) is 0 Å². The lowest BCUT2D eigenvalue weighted by Gasteiger charge is -2.37. The second-order valence-electron chi connectivity index (χ2n) is 6.92. The highest BCUT2D eigenvalue weighted by Gasteiger charge is 2.38. The molecule has 25 heavy (non-hydrogen) atoms. The van der Waals surface area contributed by atoms with Gasteiger partial charge in [0.1, 0.15) is 6.04 Å². The minimum Gasteiger partial charge on any atom is -0.480 e. The van der Waals surface area contributed by atoms with Crippen LogP contribution < -0.4 is 5.32 Å². The predicted molar refractivity (Wildman–Crippen MR) is 87.4 cm³/mol. The van der Waals surface area contributed by atoms with Crippen molar-refractivity contribution in [3.05, 3.63) is 0 Å². The van der Waals surface area contributed by atoms with Gasteiger partial charge in [0.05, 0.1) is 0 Å². The standard InChI is InChI=1S/C14H28N2O2.C2HF3O2/c1-10(2)9-13(14(17)18)16-7-5-12(6-8-16)15-11(3)4;3-2(4,5)1(6)7/h10-13,15H,5-9H2,1-4H3,(H,17,18);(H,6,7). The van der Waals surface area contributed by atoms with Crippen molar-refractivity contribution in [2.24, 2.45) is 5.92 Å². The molecule has 0 aliphatic carbocycles. The molecule has 9 heteroatoms. The lowest BCUT2D eigenvalue weighted by molar-refractivity contribution is -0.192. The van der Waals surface area contributed by atoms with Crippen molar-refractivity contribution in [2.75, 3.05) is 13.1 Å². The number of nitrogens with zero attached hydrogens (tertiary/aromatic N) is 1. The number of hydrogen-bond acceptors (Lipinski definition) is 4. The van der Waals surface area contributed by atoms with Gasteiger partial charge >= 0.3 is 18.1 Å². The van der Waals surface area contributed by atoms with Gasteiger partial charge in [0, 0.05) is 25.2 Å². The number of nitrogens with one attached hydrogen (secondary N) is 1. The summed E-state index contributed by atoms with van der Waals surface area (Å²) in [4.78, 5) is 22.4. The summed E-state index contributed by atoms with van der Waals surface area (Å²) in [5, 5.41) is 20.0. The van der Waals surface area contributed by atoms with Gasteiger partial charge in [0.2, 0.25) is 0 Å². The summed E-state index contributed by atoms with van der Waals surface area (Å²) in [6.07, 6.45) is -2.22. The highest BCUT2D eigenvalue weighted by Crippen LogP contribution is 2.18. The van der Waals surface area contributed by atoms with Gasteiger partial charge in [-0.05, 0) is 25.2 Å². The molecule has 0 radical (unpaired) electrons. The van der Waals surface area contributed by atoms with Crippen LogP contribution in [0.25, 0.3) is 0 Å². The molecule has 1 atom stereocenters. The monoisotopic (exact) mass is 370 g/mol. The zero-order valence-electron chi connectivity index (χ0n) is 15.1. The van der Waals surface area contributed by atoms with Crippen molar-refractivity contribution in [1.82, 2.24) is 10.2 Å². The Kier molecular flexibility index (Phi) is 10.0. The molecule has 1 unspecified atom stereocenters. The first-order valence-electron chi connectivity index (χ1n) is 8.37. The van der Waals surface area contributed by atoms with Gasteiger partial charge < -0.3 is 15.5 Å². The van der Waals surface area contributed by atoms with Gasteiger partial charge in [-0.1, -0.05) is 27.7 Å². The van der Waals surface area contributed by atoms with Crippen LogP contribution in [0.4, 0.5) is 13.2 Å². The summed E-state index contributed by atoms with van der Waals surface area (Å²) in [6.45, 7) is 10.3. The molecule has 0 amide bonds. The van der Waals surface area contributed by atoms with E-state index in [9.17, 15) is 23.1 Å². The second-order valence-corrected chi connectivity index (χ2v) is 6.92. The average Bonchev–Trinajstić information content (AvgIpc) is 2.44. The molecule has 1 aliphatic rings. The maximum atomic E-state index is 11.3. The minimum absolute atomic E-state index is 0.301. The summed E-state index contributed by atoms with van der Waals surface area (Å²) in [5.74, 6) is -3.00. The van der Waals surface area contributed by atoms with E-state index < -0.39 is 18.1 Å². The Morgan fingerprint density at radius 3 is 1.84 bits per heavy atom. The molecule has 0 aromatic carbocycles. The lowest BCUT2D eigenvalue weighted by Crippen LogP contribution is -2.50. The number of alkyl halides is 3. The minimum atomic E-state index is -5.08. The molecule has 1 fully saturated rings. The fraction of sp³-hybridized carbons (Fsp3) is 0.875. The van der Waals surface area contributed by atoms with E-state index >= 15 is 0 Å². The molecule has 3 N–H and O–H groups in total. The van der Waals surface area contributed by atoms with E-state index in [-0.39, 0.29) is 6.04 Å². The van der Waals surface area contributed by atoms with E-state index in [1.807, 2.05) is 0 Å². The summed E-state index contributed by atoms with van der Waals surface area (Å²) in [6, 6.07) is 0.757. The molecule has 0 aromatic heterocycles. The maximum Gasteiger partial charge on any atom is 0.490 e. The number of carbonyl (C=O) groups is 2. The quantitative estimate of drug-likeness (QED) is 0.666. The number of carboxylic acid groups (broad SMARTS) is 2. The van der Waals surface area contributed by atoms with Crippen molar-refractivity contribution in [3.63, 3.8) is 0 Å². The van der Waals surface area contributed by atoms with Gasteiger partial charge in [-0.2, -0.15) is 13.2 Å². The van der Waals surface area contributed by atoms with Gasteiger partial charge in [-0.15, -0.1) is 0 Å². The van der Waals surface area contributed by atoms with Crippen molar-refractivity contribution in [2.45, 2.75) is 71.3 Å². The van der Waals surface area contributed by atoms with Crippen LogP contribution >= 0.6 is 0 Å². The Labute approximate surface area is 146 Å². The van der Waals surface area contributed by atoms with Crippen molar-refractivity contribution in [1.29, 1.82) is 0 Å². The molecule has 6 nitrogen and oxygen atoms in total. The zero-order chi connectivity index (χ0) is 19.8. The lowest BCUT2D eigenvalue weighted by atomic mass is 9.97. The Hall–Kier alpha value is -1.35. The first kappa shape index (κ1) is 23.6. The molecular formula is C16H29F3N2O4. The third-order valence-electron chi connectivity index (χ3n) is 3.76. The fourth-order valence-corrected chi connectivity index (χ4v) is 2.70. The van der Waals surface area contributed by atoms with Crippen molar-refractivity contribution < 1.29 is 33.0 Å². The van der Waals surface area contributed by atoms with Crippen LogP contribution in [0.1, 0.15) is 47.0 Å². The summed E-state index contributed by atoms with van der Waals surface area (Å²) >= 11 is 0. The number of rotatable bonds is 6. The Balaban J connectivity index is 0.000000697. The van der Waals surface area contributed by atoms with Crippen LogP contribution in [0.2, 0.25) is 0 Å². The SMILES string of the molecule is CC(C)CC(C(=O)O)N1CCC(NC(C)C)CC1.O=C(O)C(F)(F)F. The maximum absolute atomic E-state index is 11.3. The highest BCUT2D eigenvalue weighted by atomic mass is 19.4. The van der Waals surface area contributed by atoms with E-state index in [2.05, 4.69) is 37.9 Å². The van der Waals surface area contributed by atoms with Crippen LogP contribution in [0.3, 0.4) is 0 Å². The number of halogens is 3. The second kappa shape index (κ2) is 10.6. The zero-order valence-corrected chi connectivity index (χ0v) is 15.1. The molecule has 148 valence electrons. The van der Waals surface area contributed by atoms with Gasteiger partial charge in [-0.3, -0.25) is 9.69 Å². The van der Waals surface area contributed by atoms with E-state index in [1.165, 1.54) is 0 Å². The topological polar surface area (TPSA) is 89.9 Å². The summed E-state index contributed by atoms with van der Waals surface area (Å²) in [7, 11) is 0. The van der Waals surface area contributed by atoms with Crippen LogP contribution in [-0.4, -0.2) is 64.4 Å². The molecule has 1 aliphatic heterocycles. The van der Waals surface area contributed by atoms with Crippen LogP contribution in [-0.2, 0) is 9.59 Å². The van der Waals surface area contributed by atoms with Crippen LogP contribution in [0, 0.1) is 5.92 Å². The smallest absolute Gasteiger partial charge is 0.480 e. The van der Waals surface area contributed by atoms with E-state index in [0.717, 1.165) is 32.4 Å². The van der Waals surface area contributed by atoms with Gasteiger partial charge in [0.15, 0.2) is 0 Å². The van der Waals surface area contributed by atoms with Crippen LogP contribution in [0.15, 0.2) is 0 Å². The van der Waals surface area contributed by atoms with Crippen LogP contribution in [0.5, 0.6) is 0 Å². The van der Waals surface area contributed by atoms with E-state index in [4.69, 9.17) is 9.90 Å². The van der Waals surface area contributed by atoms with E-state index in [0.29, 0.717) is 18.0 Å². The molecule has 0 spiro atoms. The third kappa shape index (κ3) is 10.3. The number of hydrogen-bond donors (Lipinski definition) is 3.